The van der Waals surface area contributed by atoms with E-state index in [0.29, 0.717) is 11.8 Å². The van der Waals surface area contributed by atoms with E-state index in [1.807, 2.05) is 6.07 Å². The molecular weight excluding hydrogens is 261 g/mol. The first-order chi connectivity index (χ1) is 10.2. The van der Waals surface area contributed by atoms with Gasteiger partial charge in [-0.25, -0.2) is 4.39 Å². The standard InChI is InChI=1S/C19H30FN/c1-4-6-15-7-8-16(13-21-5-2)19(12-15)18-10-9-17(20)11-14(18)3/h9-11,15-16,19,21H,4-8,12-13H2,1-3H3. The molecule has 0 amide bonds. The van der Waals surface area contributed by atoms with Crippen molar-refractivity contribution in [3.8, 4) is 0 Å². The molecule has 0 saturated heterocycles. The van der Waals surface area contributed by atoms with Crippen molar-refractivity contribution in [1.29, 1.82) is 0 Å². The van der Waals surface area contributed by atoms with Gasteiger partial charge in [-0.2, -0.15) is 0 Å². The van der Waals surface area contributed by atoms with E-state index >= 15 is 0 Å². The van der Waals surface area contributed by atoms with Crippen LogP contribution < -0.4 is 5.32 Å². The second kappa shape index (κ2) is 7.93. The number of halogens is 1. The Hall–Kier alpha value is -0.890. The van der Waals surface area contributed by atoms with Crippen LogP contribution in [0.4, 0.5) is 4.39 Å². The van der Waals surface area contributed by atoms with E-state index in [-0.39, 0.29) is 5.82 Å². The fourth-order valence-corrected chi connectivity index (χ4v) is 4.00. The predicted octanol–water partition coefficient (Wildman–Crippen LogP) is 5.04. The van der Waals surface area contributed by atoms with Crippen LogP contribution in [0.2, 0.25) is 0 Å². The lowest BCUT2D eigenvalue weighted by Gasteiger charge is -2.37. The SMILES string of the molecule is CCCC1CCC(CNCC)C(c2ccc(F)cc2C)C1. The minimum absolute atomic E-state index is 0.111. The number of aryl methyl sites for hydroxylation is 1. The minimum Gasteiger partial charge on any atom is -0.317 e. The van der Waals surface area contributed by atoms with Gasteiger partial charge in [0, 0.05) is 0 Å². The first kappa shape index (κ1) is 16.5. The van der Waals surface area contributed by atoms with Crippen LogP contribution in [0.25, 0.3) is 0 Å². The summed E-state index contributed by atoms with van der Waals surface area (Å²) in [6, 6.07) is 5.36. The van der Waals surface area contributed by atoms with E-state index in [4.69, 9.17) is 0 Å². The summed E-state index contributed by atoms with van der Waals surface area (Å²) in [4.78, 5) is 0. The van der Waals surface area contributed by atoms with Crippen molar-refractivity contribution in [2.45, 2.75) is 58.8 Å². The molecule has 3 unspecified atom stereocenters. The molecule has 1 aliphatic rings. The summed E-state index contributed by atoms with van der Waals surface area (Å²) >= 11 is 0. The summed E-state index contributed by atoms with van der Waals surface area (Å²) in [6.07, 6.45) is 6.55. The summed E-state index contributed by atoms with van der Waals surface area (Å²) in [5, 5.41) is 3.52. The summed E-state index contributed by atoms with van der Waals surface area (Å²) in [5.41, 5.74) is 2.50. The minimum atomic E-state index is -0.111. The zero-order valence-corrected chi connectivity index (χ0v) is 13.8. The van der Waals surface area contributed by atoms with Gasteiger partial charge >= 0.3 is 0 Å². The van der Waals surface area contributed by atoms with Gasteiger partial charge < -0.3 is 5.32 Å². The van der Waals surface area contributed by atoms with E-state index in [2.05, 4.69) is 26.1 Å². The largest absolute Gasteiger partial charge is 0.317 e. The fourth-order valence-electron chi connectivity index (χ4n) is 4.00. The van der Waals surface area contributed by atoms with Crippen LogP contribution in [0.3, 0.4) is 0 Å². The quantitative estimate of drug-likeness (QED) is 0.774. The molecule has 0 spiro atoms. The normalized spacial score (nSPS) is 26.0. The maximum atomic E-state index is 13.4. The van der Waals surface area contributed by atoms with Crippen molar-refractivity contribution < 1.29 is 4.39 Å². The van der Waals surface area contributed by atoms with Gasteiger partial charge in [-0.05, 0) is 73.9 Å². The third-order valence-corrected chi connectivity index (χ3v) is 5.09. The molecule has 0 aromatic heterocycles. The Labute approximate surface area is 129 Å². The lowest BCUT2D eigenvalue weighted by molar-refractivity contribution is 0.220. The molecule has 1 N–H and O–H groups in total. The second-order valence-corrected chi connectivity index (χ2v) is 6.64. The molecule has 2 rings (SSSR count). The molecule has 118 valence electrons. The van der Waals surface area contributed by atoms with Gasteiger partial charge in [0.15, 0.2) is 0 Å². The van der Waals surface area contributed by atoms with Crippen molar-refractivity contribution in [1.82, 2.24) is 5.32 Å². The molecule has 0 radical (unpaired) electrons. The third-order valence-electron chi connectivity index (χ3n) is 5.09. The van der Waals surface area contributed by atoms with Crippen molar-refractivity contribution in [3.05, 3.63) is 35.1 Å². The Morgan fingerprint density at radius 2 is 2.05 bits per heavy atom. The average molecular weight is 291 g/mol. The van der Waals surface area contributed by atoms with Gasteiger partial charge in [-0.1, -0.05) is 39.2 Å². The number of hydrogen-bond acceptors (Lipinski definition) is 1. The molecule has 0 bridgehead atoms. The molecule has 21 heavy (non-hydrogen) atoms. The van der Waals surface area contributed by atoms with E-state index in [0.717, 1.165) is 24.6 Å². The summed E-state index contributed by atoms with van der Waals surface area (Å²) in [5.74, 6) is 2.03. The number of benzene rings is 1. The maximum Gasteiger partial charge on any atom is 0.123 e. The Balaban J connectivity index is 2.18. The molecule has 0 heterocycles. The second-order valence-electron chi connectivity index (χ2n) is 6.64. The first-order valence-corrected chi connectivity index (χ1v) is 8.62. The number of hydrogen-bond donors (Lipinski definition) is 1. The molecule has 1 nitrogen and oxygen atoms in total. The van der Waals surface area contributed by atoms with Crippen LogP contribution >= 0.6 is 0 Å². The van der Waals surface area contributed by atoms with Crippen LogP contribution in [0.5, 0.6) is 0 Å². The highest BCUT2D eigenvalue weighted by molar-refractivity contribution is 5.31. The van der Waals surface area contributed by atoms with Crippen LogP contribution in [0.1, 0.15) is 63.0 Å². The van der Waals surface area contributed by atoms with Gasteiger partial charge in [-0.3, -0.25) is 0 Å². The fraction of sp³-hybridized carbons (Fsp3) is 0.684. The highest BCUT2D eigenvalue weighted by atomic mass is 19.1. The van der Waals surface area contributed by atoms with Crippen molar-refractivity contribution in [3.63, 3.8) is 0 Å². The highest BCUT2D eigenvalue weighted by Gasteiger charge is 2.31. The monoisotopic (exact) mass is 291 g/mol. The molecule has 0 aliphatic heterocycles. The summed E-state index contributed by atoms with van der Waals surface area (Å²) < 4.78 is 13.4. The van der Waals surface area contributed by atoms with Crippen LogP contribution in [-0.4, -0.2) is 13.1 Å². The molecular formula is C19H30FN. The Morgan fingerprint density at radius 3 is 2.71 bits per heavy atom. The Morgan fingerprint density at radius 1 is 1.24 bits per heavy atom. The molecule has 1 aliphatic carbocycles. The van der Waals surface area contributed by atoms with Gasteiger partial charge in [-0.15, -0.1) is 0 Å². The lowest BCUT2D eigenvalue weighted by Crippen LogP contribution is -2.32. The van der Waals surface area contributed by atoms with Crippen molar-refractivity contribution >= 4 is 0 Å². The summed E-state index contributed by atoms with van der Waals surface area (Å²) in [6.45, 7) is 8.64. The van der Waals surface area contributed by atoms with E-state index in [1.165, 1.54) is 37.7 Å². The topological polar surface area (TPSA) is 12.0 Å². The van der Waals surface area contributed by atoms with E-state index in [9.17, 15) is 4.39 Å². The zero-order chi connectivity index (χ0) is 15.2. The van der Waals surface area contributed by atoms with Crippen LogP contribution in [-0.2, 0) is 0 Å². The van der Waals surface area contributed by atoms with E-state index in [1.54, 1.807) is 12.1 Å². The van der Waals surface area contributed by atoms with Gasteiger partial charge in [0.2, 0.25) is 0 Å². The van der Waals surface area contributed by atoms with Gasteiger partial charge in [0.1, 0.15) is 5.82 Å². The smallest absolute Gasteiger partial charge is 0.123 e. The third kappa shape index (κ3) is 4.29. The van der Waals surface area contributed by atoms with Crippen molar-refractivity contribution in [2.75, 3.05) is 13.1 Å². The van der Waals surface area contributed by atoms with Gasteiger partial charge in [0.05, 0.1) is 0 Å². The van der Waals surface area contributed by atoms with Crippen LogP contribution in [0.15, 0.2) is 18.2 Å². The summed E-state index contributed by atoms with van der Waals surface area (Å²) in [7, 11) is 0. The van der Waals surface area contributed by atoms with Crippen molar-refractivity contribution in [2.24, 2.45) is 11.8 Å². The maximum absolute atomic E-state index is 13.4. The molecule has 1 fully saturated rings. The number of rotatable bonds is 6. The van der Waals surface area contributed by atoms with E-state index < -0.39 is 0 Å². The Bertz CT molecular complexity index is 443. The lowest BCUT2D eigenvalue weighted by atomic mass is 9.69. The molecule has 3 atom stereocenters. The number of nitrogens with one attached hydrogen (secondary N) is 1. The highest BCUT2D eigenvalue weighted by Crippen LogP contribution is 2.42. The van der Waals surface area contributed by atoms with Gasteiger partial charge in [0.25, 0.3) is 0 Å². The van der Waals surface area contributed by atoms with Crippen LogP contribution in [0, 0.1) is 24.6 Å². The molecule has 1 aromatic carbocycles. The zero-order valence-electron chi connectivity index (χ0n) is 13.8. The molecule has 1 saturated carbocycles. The predicted molar refractivity (Wildman–Crippen MR) is 88.2 cm³/mol. The Kier molecular flexibility index (Phi) is 6.22. The molecule has 2 heteroatoms. The molecule has 1 aromatic rings. The average Bonchev–Trinajstić information content (AvgIpc) is 2.46. The first-order valence-electron chi connectivity index (χ1n) is 8.62.